The van der Waals surface area contributed by atoms with Gasteiger partial charge in [-0.05, 0) is 12.1 Å². The summed E-state index contributed by atoms with van der Waals surface area (Å²) >= 11 is 3.55. The monoisotopic (exact) mass is 326 g/mol. The number of thioether (sulfide) groups is 2. The lowest BCUT2D eigenvalue weighted by atomic mass is 9.91. The standard InChI is InChI=1S/C15H22N2O2S2/c1-15(2,3)13(17-19-14(18)16-4)10-20-11-21-12-8-6-5-7-9-12/h5-9H,10-11H2,1-4H3,(H,16,18). The van der Waals surface area contributed by atoms with Crippen LogP contribution in [0, 0.1) is 5.41 Å². The van der Waals surface area contributed by atoms with Crippen LogP contribution < -0.4 is 5.32 Å². The molecule has 4 nitrogen and oxygen atoms in total. The van der Waals surface area contributed by atoms with E-state index < -0.39 is 6.09 Å². The molecule has 116 valence electrons. The van der Waals surface area contributed by atoms with Crippen molar-refractivity contribution in [2.75, 3.05) is 17.9 Å². The molecule has 0 aliphatic rings. The molecule has 0 aliphatic carbocycles. The van der Waals surface area contributed by atoms with E-state index in [4.69, 9.17) is 4.84 Å². The number of carbonyl (C=O) groups excluding carboxylic acids is 1. The summed E-state index contributed by atoms with van der Waals surface area (Å²) in [5.41, 5.74) is 0.739. The zero-order chi connectivity index (χ0) is 15.7. The van der Waals surface area contributed by atoms with Gasteiger partial charge in [0.15, 0.2) is 0 Å². The minimum absolute atomic E-state index is 0.127. The predicted octanol–water partition coefficient (Wildman–Crippen LogP) is 4.23. The van der Waals surface area contributed by atoms with Crippen LogP contribution >= 0.6 is 23.5 Å². The minimum atomic E-state index is -0.541. The van der Waals surface area contributed by atoms with Crippen molar-refractivity contribution in [2.45, 2.75) is 25.7 Å². The molecule has 0 fully saturated rings. The summed E-state index contributed by atoms with van der Waals surface area (Å²) in [4.78, 5) is 17.2. The lowest BCUT2D eigenvalue weighted by molar-refractivity contribution is 0.152. The second-order valence-corrected chi connectivity index (χ2v) is 7.74. The van der Waals surface area contributed by atoms with Crippen LogP contribution in [0.15, 0.2) is 40.4 Å². The highest BCUT2D eigenvalue weighted by molar-refractivity contribution is 8.16. The molecular formula is C15H22N2O2S2. The normalized spacial score (nSPS) is 12.1. The van der Waals surface area contributed by atoms with Crippen molar-refractivity contribution >= 4 is 35.3 Å². The smallest absolute Gasteiger partial charge is 0.323 e. The fourth-order valence-corrected chi connectivity index (χ4v) is 3.53. The van der Waals surface area contributed by atoms with E-state index in [1.54, 1.807) is 23.5 Å². The summed E-state index contributed by atoms with van der Waals surface area (Å²) in [7, 11) is 1.51. The zero-order valence-corrected chi connectivity index (χ0v) is 14.5. The maximum absolute atomic E-state index is 11.1. The van der Waals surface area contributed by atoms with Crippen LogP contribution in [-0.4, -0.2) is 29.7 Å². The van der Waals surface area contributed by atoms with E-state index in [1.165, 1.54) is 11.9 Å². The number of nitrogens with one attached hydrogen (secondary N) is 1. The number of carbonyl (C=O) groups is 1. The Kier molecular flexibility index (Phi) is 7.67. The van der Waals surface area contributed by atoms with Crippen LogP contribution in [-0.2, 0) is 4.84 Å². The molecule has 6 heteroatoms. The average Bonchev–Trinajstić information content (AvgIpc) is 2.45. The van der Waals surface area contributed by atoms with Crippen molar-refractivity contribution < 1.29 is 9.63 Å². The number of hydrogen-bond acceptors (Lipinski definition) is 5. The summed E-state index contributed by atoms with van der Waals surface area (Å²) < 4.78 is 0. The van der Waals surface area contributed by atoms with Crippen molar-refractivity contribution in [3.63, 3.8) is 0 Å². The molecule has 1 rings (SSSR count). The SMILES string of the molecule is CNC(=O)ON=C(CSCSc1ccccc1)C(C)(C)C. The van der Waals surface area contributed by atoms with Gasteiger partial charge in [-0.2, -0.15) is 0 Å². The van der Waals surface area contributed by atoms with Gasteiger partial charge in [-0.3, -0.25) is 4.84 Å². The van der Waals surface area contributed by atoms with Crippen LogP contribution in [0.4, 0.5) is 4.79 Å². The molecule has 1 aromatic rings. The Morgan fingerprint density at radius 1 is 1.29 bits per heavy atom. The van der Waals surface area contributed by atoms with Crippen LogP contribution in [0.3, 0.4) is 0 Å². The third-order valence-electron chi connectivity index (χ3n) is 2.60. The molecule has 0 saturated heterocycles. The van der Waals surface area contributed by atoms with Crippen LogP contribution in [0.2, 0.25) is 0 Å². The first-order chi connectivity index (χ1) is 9.93. The molecule has 0 spiro atoms. The summed E-state index contributed by atoms with van der Waals surface area (Å²) in [6.45, 7) is 6.18. The second-order valence-electron chi connectivity index (χ2n) is 5.34. The summed E-state index contributed by atoms with van der Waals surface area (Å²) in [6, 6.07) is 10.3. The minimum Gasteiger partial charge on any atom is -0.323 e. The Hall–Kier alpha value is -1.14. The summed E-state index contributed by atoms with van der Waals surface area (Å²) in [6.07, 6.45) is -0.541. The predicted molar refractivity (Wildman–Crippen MR) is 92.1 cm³/mol. The Balaban J connectivity index is 2.45. The molecule has 0 atom stereocenters. The number of amides is 1. The molecule has 0 aromatic heterocycles. The van der Waals surface area contributed by atoms with E-state index in [0.717, 1.165) is 16.5 Å². The highest BCUT2D eigenvalue weighted by Gasteiger charge is 2.20. The third-order valence-corrected chi connectivity index (χ3v) is 4.82. The third kappa shape index (κ3) is 7.43. The first kappa shape index (κ1) is 17.9. The first-order valence-electron chi connectivity index (χ1n) is 6.65. The first-order valence-corrected chi connectivity index (χ1v) is 8.79. The van der Waals surface area contributed by atoms with Gasteiger partial charge in [-0.1, -0.05) is 44.1 Å². The number of benzene rings is 1. The topological polar surface area (TPSA) is 50.7 Å². The molecule has 0 saturated carbocycles. The van der Waals surface area contributed by atoms with Gasteiger partial charge in [0.2, 0.25) is 0 Å². The average molecular weight is 326 g/mol. The van der Waals surface area contributed by atoms with Crippen molar-refractivity contribution in [3.05, 3.63) is 30.3 Å². The Morgan fingerprint density at radius 3 is 2.52 bits per heavy atom. The number of hydrogen-bond donors (Lipinski definition) is 1. The second kappa shape index (κ2) is 9.00. The number of rotatable bonds is 6. The van der Waals surface area contributed by atoms with Gasteiger partial charge >= 0.3 is 6.09 Å². The van der Waals surface area contributed by atoms with Crippen LogP contribution in [0.25, 0.3) is 0 Å². The molecular weight excluding hydrogens is 304 g/mol. The fourth-order valence-electron chi connectivity index (χ4n) is 1.29. The van der Waals surface area contributed by atoms with E-state index in [0.29, 0.717) is 0 Å². The maximum Gasteiger partial charge on any atom is 0.433 e. The van der Waals surface area contributed by atoms with Gasteiger partial charge in [-0.15, -0.1) is 23.5 Å². The number of nitrogens with zero attached hydrogens (tertiary/aromatic N) is 1. The van der Waals surface area contributed by atoms with Gasteiger partial charge in [0, 0.05) is 28.2 Å². The van der Waals surface area contributed by atoms with E-state index in [-0.39, 0.29) is 5.41 Å². The molecule has 1 aromatic carbocycles. The van der Waals surface area contributed by atoms with Crippen molar-refractivity contribution in [1.82, 2.24) is 5.32 Å². The molecule has 1 amide bonds. The van der Waals surface area contributed by atoms with E-state index in [1.807, 2.05) is 18.2 Å². The molecule has 1 N–H and O–H groups in total. The molecule has 21 heavy (non-hydrogen) atoms. The molecule has 0 radical (unpaired) electrons. The summed E-state index contributed by atoms with van der Waals surface area (Å²) in [5.74, 6) is 0.736. The van der Waals surface area contributed by atoms with Gasteiger partial charge in [0.1, 0.15) is 0 Å². The molecule has 0 heterocycles. The highest BCUT2D eigenvalue weighted by atomic mass is 32.2. The van der Waals surface area contributed by atoms with Gasteiger partial charge in [0.05, 0.1) is 5.71 Å². The van der Waals surface area contributed by atoms with Crippen molar-refractivity contribution in [3.8, 4) is 0 Å². The zero-order valence-electron chi connectivity index (χ0n) is 12.9. The van der Waals surface area contributed by atoms with Crippen LogP contribution in [0.1, 0.15) is 20.8 Å². The fraction of sp³-hybridized carbons (Fsp3) is 0.467. The lowest BCUT2D eigenvalue weighted by Gasteiger charge is -2.20. The Bertz CT molecular complexity index is 470. The molecule has 0 bridgehead atoms. The van der Waals surface area contributed by atoms with Gasteiger partial charge in [-0.25, -0.2) is 4.79 Å². The molecule has 0 aliphatic heterocycles. The van der Waals surface area contributed by atoms with Gasteiger partial charge < -0.3 is 5.32 Å². The highest BCUT2D eigenvalue weighted by Crippen LogP contribution is 2.25. The van der Waals surface area contributed by atoms with Crippen molar-refractivity contribution in [2.24, 2.45) is 10.6 Å². The van der Waals surface area contributed by atoms with Gasteiger partial charge in [0.25, 0.3) is 0 Å². The number of oxime groups is 1. The molecule has 0 unspecified atom stereocenters. The Labute approximate surface area is 135 Å². The van der Waals surface area contributed by atoms with Crippen LogP contribution in [0.5, 0.6) is 0 Å². The largest absolute Gasteiger partial charge is 0.433 e. The maximum atomic E-state index is 11.1. The lowest BCUT2D eigenvalue weighted by Crippen LogP contribution is -2.25. The summed E-state index contributed by atoms with van der Waals surface area (Å²) in [5, 5.41) is 7.30. The quantitative estimate of drug-likeness (QED) is 0.212. The van der Waals surface area contributed by atoms with Crippen molar-refractivity contribution in [1.29, 1.82) is 0 Å². The van der Waals surface area contributed by atoms with E-state index >= 15 is 0 Å². The Morgan fingerprint density at radius 2 is 1.95 bits per heavy atom. The van der Waals surface area contributed by atoms with E-state index in [9.17, 15) is 4.79 Å². The van der Waals surface area contributed by atoms with E-state index in [2.05, 4.69) is 43.4 Å².